The molecule has 90 valence electrons. The number of ether oxygens (including phenoxy) is 1. The largest absolute Gasteiger partial charge is 0.393 e. The van der Waals surface area contributed by atoms with Crippen LogP contribution in [0.5, 0.6) is 0 Å². The number of carbonyl (C=O) groups is 2. The first-order valence-corrected chi connectivity index (χ1v) is 5.80. The van der Waals surface area contributed by atoms with Crippen LogP contribution in [0.25, 0.3) is 10.8 Å². The van der Waals surface area contributed by atoms with Gasteiger partial charge < -0.3 is 4.74 Å². The second-order valence-corrected chi connectivity index (χ2v) is 4.40. The predicted molar refractivity (Wildman–Crippen MR) is 64.8 cm³/mol. The van der Waals surface area contributed by atoms with Crippen molar-refractivity contribution in [2.45, 2.75) is 18.8 Å². The predicted octanol–water partition coefficient (Wildman–Crippen LogP) is 2.18. The first kappa shape index (κ1) is 10.9. The van der Waals surface area contributed by atoms with E-state index in [1.165, 1.54) is 0 Å². The van der Waals surface area contributed by atoms with E-state index >= 15 is 0 Å². The number of fused-ring (bicyclic) bond motifs is 1. The summed E-state index contributed by atoms with van der Waals surface area (Å²) in [6.45, 7) is 0. The molecule has 0 radical (unpaired) electrons. The third kappa shape index (κ3) is 1.86. The molecule has 1 aromatic heterocycles. The van der Waals surface area contributed by atoms with E-state index in [4.69, 9.17) is 0 Å². The number of aromatic nitrogens is 1. The fourth-order valence-electron chi connectivity index (χ4n) is 2.41. The van der Waals surface area contributed by atoms with Crippen molar-refractivity contribution in [1.29, 1.82) is 0 Å². The van der Waals surface area contributed by atoms with E-state index in [1.54, 1.807) is 12.4 Å². The minimum Gasteiger partial charge on any atom is -0.393 e. The maximum absolute atomic E-state index is 11.3. The summed E-state index contributed by atoms with van der Waals surface area (Å²) in [4.78, 5) is 26.7. The van der Waals surface area contributed by atoms with Crippen molar-refractivity contribution in [2.75, 3.05) is 0 Å². The number of hydrogen-bond donors (Lipinski definition) is 0. The van der Waals surface area contributed by atoms with Gasteiger partial charge in [-0.15, -0.1) is 0 Å². The van der Waals surface area contributed by atoms with Crippen LogP contribution in [0.15, 0.2) is 36.7 Å². The molecule has 0 bridgehead atoms. The molecule has 0 unspecified atom stereocenters. The summed E-state index contributed by atoms with van der Waals surface area (Å²) >= 11 is 0. The number of pyridine rings is 1. The van der Waals surface area contributed by atoms with Gasteiger partial charge in [0.25, 0.3) is 0 Å². The number of rotatable bonds is 1. The molecule has 0 N–H and O–H groups in total. The molecule has 4 nitrogen and oxygen atoms in total. The topological polar surface area (TPSA) is 56.3 Å². The second-order valence-electron chi connectivity index (χ2n) is 4.40. The molecule has 1 aromatic carbocycles. The van der Waals surface area contributed by atoms with Crippen molar-refractivity contribution in [3.8, 4) is 0 Å². The van der Waals surface area contributed by atoms with Gasteiger partial charge in [0.1, 0.15) is 0 Å². The molecule has 1 saturated heterocycles. The van der Waals surface area contributed by atoms with Crippen LogP contribution >= 0.6 is 0 Å². The lowest BCUT2D eigenvalue weighted by Gasteiger charge is -2.21. The monoisotopic (exact) mass is 241 g/mol. The zero-order valence-electron chi connectivity index (χ0n) is 9.63. The van der Waals surface area contributed by atoms with E-state index in [-0.39, 0.29) is 18.8 Å². The summed E-state index contributed by atoms with van der Waals surface area (Å²) in [7, 11) is 0. The van der Waals surface area contributed by atoms with Gasteiger partial charge in [-0.1, -0.05) is 18.2 Å². The molecule has 2 heterocycles. The van der Waals surface area contributed by atoms with Crippen LogP contribution in [0.1, 0.15) is 24.3 Å². The highest BCUT2D eigenvalue weighted by Crippen LogP contribution is 2.32. The van der Waals surface area contributed by atoms with Gasteiger partial charge in [0, 0.05) is 23.7 Å². The summed E-state index contributed by atoms with van der Waals surface area (Å²) in [6.07, 6.45) is 4.01. The van der Waals surface area contributed by atoms with E-state index in [9.17, 15) is 9.59 Å². The van der Waals surface area contributed by atoms with Gasteiger partial charge in [0.15, 0.2) is 0 Å². The maximum Gasteiger partial charge on any atom is 0.314 e. The molecule has 2 aromatic rings. The summed E-state index contributed by atoms with van der Waals surface area (Å²) in [6, 6.07) is 7.76. The van der Waals surface area contributed by atoms with E-state index < -0.39 is 11.9 Å². The molecule has 0 aliphatic carbocycles. The minimum absolute atomic E-state index is 0.0927. The number of carbonyl (C=O) groups excluding carboxylic acids is 2. The quantitative estimate of drug-likeness (QED) is 0.567. The lowest BCUT2D eigenvalue weighted by molar-refractivity contribution is -0.163. The molecule has 0 atom stereocenters. The molecular weight excluding hydrogens is 230 g/mol. The molecule has 4 heteroatoms. The second kappa shape index (κ2) is 4.22. The Morgan fingerprint density at radius 1 is 1.11 bits per heavy atom. The van der Waals surface area contributed by atoms with Gasteiger partial charge in [-0.25, -0.2) is 0 Å². The van der Waals surface area contributed by atoms with Gasteiger partial charge in [-0.3, -0.25) is 14.6 Å². The first-order valence-electron chi connectivity index (χ1n) is 5.80. The van der Waals surface area contributed by atoms with Crippen LogP contribution in [0.2, 0.25) is 0 Å². The Balaban J connectivity index is 2.08. The minimum atomic E-state index is -0.442. The average molecular weight is 241 g/mol. The number of cyclic esters (lactones) is 2. The van der Waals surface area contributed by atoms with Crippen molar-refractivity contribution < 1.29 is 14.3 Å². The van der Waals surface area contributed by atoms with Crippen LogP contribution in [0.3, 0.4) is 0 Å². The molecule has 0 amide bonds. The molecule has 1 aliphatic heterocycles. The van der Waals surface area contributed by atoms with Crippen molar-refractivity contribution >= 4 is 22.7 Å². The van der Waals surface area contributed by atoms with Crippen molar-refractivity contribution in [2.24, 2.45) is 0 Å². The standard InChI is InChI=1S/C14H11NO3/c16-13-6-10(7-14(17)18-13)11-3-1-2-9-8-15-5-4-12(9)11/h1-5,8,10H,6-7H2. The Hall–Kier alpha value is -2.23. The van der Waals surface area contributed by atoms with Gasteiger partial charge >= 0.3 is 11.9 Å². The SMILES string of the molecule is O=C1CC(c2cccc3cnccc23)CC(=O)O1. The average Bonchev–Trinajstić information content (AvgIpc) is 2.37. The third-order valence-corrected chi connectivity index (χ3v) is 3.21. The van der Waals surface area contributed by atoms with Crippen molar-refractivity contribution in [3.05, 3.63) is 42.2 Å². The molecule has 18 heavy (non-hydrogen) atoms. The highest BCUT2D eigenvalue weighted by Gasteiger charge is 2.29. The van der Waals surface area contributed by atoms with E-state index in [0.29, 0.717) is 0 Å². The fraction of sp³-hybridized carbons (Fsp3) is 0.214. The Bertz CT molecular complexity index is 614. The molecule has 3 rings (SSSR count). The zero-order chi connectivity index (χ0) is 12.5. The Morgan fingerprint density at radius 2 is 1.89 bits per heavy atom. The smallest absolute Gasteiger partial charge is 0.314 e. The molecule has 0 saturated carbocycles. The maximum atomic E-state index is 11.3. The Morgan fingerprint density at radius 3 is 2.67 bits per heavy atom. The number of benzene rings is 1. The summed E-state index contributed by atoms with van der Waals surface area (Å²) < 4.78 is 4.56. The van der Waals surface area contributed by atoms with Gasteiger partial charge in [-0.05, 0) is 17.0 Å². The third-order valence-electron chi connectivity index (χ3n) is 3.21. The van der Waals surface area contributed by atoms with E-state index in [2.05, 4.69) is 9.72 Å². The van der Waals surface area contributed by atoms with Crippen LogP contribution in [-0.2, 0) is 14.3 Å². The lowest BCUT2D eigenvalue weighted by atomic mass is 9.88. The number of esters is 2. The molecule has 1 fully saturated rings. The highest BCUT2D eigenvalue weighted by atomic mass is 16.6. The molecule has 0 spiro atoms. The summed E-state index contributed by atoms with van der Waals surface area (Å²) in [5.41, 5.74) is 1.01. The molecular formula is C14H11NO3. The Labute approximate surface area is 104 Å². The normalized spacial score (nSPS) is 16.9. The van der Waals surface area contributed by atoms with Crippen LogP contribution in [0, 0.1) is 0 Å². The zero-order valence-corrected chi connectivity index (χ0v) is 9.63. The van der Waals surface area contributed by atoms with Crippen LogP contribution < -0.4 is 0 Å². The van der Waals surface area contributed by atoms with Crippen LogP contribution in [0.4, 0.5) is 0 Å². The van der Waals surface area contributed by atoms with Crippen molar-refractivity contribution in [1.82, 2.24) is 4.98 Å². The Kier molecular flexibility index (Phi) is 2.55. The van der Waals surface area contributed by atoms with Crippen molar-refractivity contribution in [3.63, 3.8) is 0 Å². The highest BCUT2D eigenvalue weighted by molar-refractivity contribution is 5.92. The summed E-state index contributed by atoms with van der Waals surface area (Å²) in [5.74, 6) is -0.977. The van der Waals surface area contributed by atoms with E-state index in [0.717, 1.165) is 16.3 Å². The number of nitrogens with zero attached hydrogens (tertiary/aromatic N) is 1. The molecule has 1 aliphatic rings. The van der Waals surface area contributed by atoms with Gasteiger partial charge in [-0.2, -0.15) is 0 Å². The fourth-order valence-corrected chi connectivity index (χ4v) is 2.41. The van der Waals surface area contributed by atoms with Gasteiger partial charge in [0.2, 0.25) is 0 Å². The lowest BCUT2D eigenvalue weighted by Crippen LogP contribution is -2.24. The first-order chi connectivity index (χ1) is 8.74. The number of hydrogen-bond acceptors (Lipinski definition) is 4. The van der Waals surface area contributed by atoms with E-state index in [1.807, 2.05) is 24.3 Å². The van der Waals surface area contributed by atoms with Crippen LogP contribution in [-0.4, -0.2) is 16.9 Å². The summed E-state index contributed by atoms with van der Waals surface area (Å²) in [5, 5.41) is 2.06. The van der Waals surface area contributed by atoms with Gasteiger partial charge in [0.05, 0.1) is 12.8 Å².